The summed E-state index contributed by atoms with van der Waals surface area (Å²) in [6.07, 6.45) is 5.90. The minimum atomic E-state index is -0.0109. The van der Waals surface area contributed by atoms with E-state index in [4.69, 9.17) is 4.52 Å². The Morgan fingerprint density at radius 1 is 1.13 bits per heavy atom. The molecular formula is C19H20N2O2. The van der Waals surface area contributed by atoms with Crippen LogP contribution in [0.15, 0.2) is 45.7 Å². The molecule has 23 heavy (non-hydrogen) atoms. The Balaban J connectivity index is 1.89. The highest BCUT2D eigenvalue weighted by molar-refractivity contribution is 5.83. The van der Waals surface area contributed by atoms with E-state index in [9.17, 15) is 4.79 Å². The smallest absolute Gasteiger partial charge is 0.263 e. The van der Waals surface area contributed by atoms with Gasteiger partial charge in [0.1, 0.15) is 11.1 Å². The second kappa shape index (κ2) is 5.69. The van der Waals surface area contributed by atoms with E-state index in [1.807, 2.05) is 43.4 Å². The fraction of sp³-hybridized carbons (Fsp3) is 0.368. The summed E-state index contributed by atoms with van der Waals surface area (Å²) in [6.45, 7) is 0. The van der Waals surface area contributed by atoms with Crippen LogP contribution in [-0.4, -0.2) is 9.72 Å². The molecule has 0 spiro atoms. The first-order valence-corrected chi connectivity index (χ1v) is 8.30. The fourth-order valence-corrected chi connectivity index (χ4v) is 3.67. The van der Waals surface area contributed by atoms with Gasteiger partial charge in [-0.1, -0.05) is 54.8 Å². The first-order valence-electron chi connectivity index (χ1n) is 8.30. The molecule has 0 radical (unpaired) electrons. The van der Waals surface area contributed by atoms with Crippen molar-refractivity contribution in [2.45, 2.75) is 38.0 Å². The zero-order chi connectivity index (χ0) is 15.8. The van der Waals surface area contributed by atoms with Gasteiger partial charge in [0, 0.05) is 19.0 Å². The predicted octanol–water partition coefficient (Wildman–Crippen LogP) is 4.24. The lowest BCUT2D eigenvalue weighted by atomic mass is 9.86. The number of nitrogens with zero attached hydrogens (tertiary/aromatic N) is 2. The van der Waals surface area contributed by atoms with Gasteiger partial charge >= 0.3 is 0 Å². The van der Waals surface area contributed by atoms with E-state index in [1.54, 1.807) is 4.57 Å². The molecule has 0 aliphatic heterocycles. The molecule has 4 heteroatoms. The first kappa shape index (κ1) is 14.2. The lowest BCUT2D eigenvalue weighted by molar-refractivity contribution is 0.396. The molecular weight excluding hydrogens is 288 g/mol. The third-order valence-corrected chi connectivity index (χ3v) is 4.95. The van der Waals surface area contributed by atoms with E-state index in [1.165, 1.54) is 19.3 Å². The molecule has 4 nitrogen and oxygen atoms in total. The summed E-state index contributed by atoms with van der Waals surface area (Å²) in [4.78, 5) is 12.9. The Kier molecular flexibility index (Phi) is 3.52. The van der Waals surface area contributed by atoms with Crippen LogP contribution < -0.4 is 5.56 Å². The van der Waals surface area contributed by atoms with Crippen molar-refractivity contribution >= 4 is 11.0 Å². The van der Waals surface area contributed by atoms with Gasteiger partial charge in [0.05, 0.1) is 5.69 Å². The number of benzene rings is 1. The minimum absolute atomic E-state index is 0.0109. The van der Waals surface area contributed by atoms with Gasteiger partial charge in [-0.25, -0.2) is 0 Å². The molecule has 1 fully saturated rings. The van der Waals surface area contributed by atoms with E-state index in [2.05, 4.69) is 5.16 Å². The summed E-state index contributed by atoms with van der Waals surface area (Å²) in [5, 5.41) is 4.93. The molecule has 0 bridgehead atoms. The Labute approximate surface area is 134 Å². The van der Waals surface area contributed by atoms with Crippen LogP contribution in [0.2, 0.25) is 0 Å². The fourth-order valence-electron chi connectivity index (χ4n) is 3.67. The standard InChI is InChI=1S/C19H20N2O2/c1-21-15(13-8-4-2-5-9-13)12-16-17(19(21)22)18(20-23-16)14-10-6-3-7-11-14/h2,4-5,8-9,12,14H,3,6-7,10-11H2,1H3. The molecule has 0 N–H and O–H groups in total. The Morgan fingerprint density at radius 2 is 1.87 bits per heavy atom. The monoisotopic (exact) mass is 308 g/mol. The van der Waals surface area contributed by atoms with Crippen LogP contribution in [-0.2, 0) is 7.05 Å². The Morgan fingerprint density at radius 3 is 2.61 bits per heavy atom. The second-order valence-corrected chi connectivity index (χ2v) is 6.40. The summed E-state index contributed by atoms with van der Waals surface area (Å²) in [6, 6.07) is 11.8. The van der Waals surface area contributed by atoms with Gasteiger partial charge in [-0.05, 0) is 18.4 Å². The average molecular weight is 308 g/mol. The predicted molar refractivity (Wildman–Crippen MR) is 90.5 cm³/mol. The number of aromatic nitrogens is 2. The average Bonchev–Trinajstić information content (AvgIpc) is 3.04. The number of hydrogen-bond acceptors (Lipinski definition) is 3. The number of rotatable bonds is 2. The molecule has 1 aromatic carbocycles. The van der Waals surface area contributed by atoms with Crippen molar-refractivity contribution in [2.75, 3.05) is 0 Å². The highest BCUT2D eigenvalue weighted by Crippen LogP contribution is 2.35. The molecule has 1 saturated carbocycles. The van der Waals surface area contributed by atoms with E-state index in [-0.39, 0.29) is 5.56 Å². The van der Waals surface area contributed by atoms with Crippen LogP contribution in [0.5, 0.6) is 0 Å². The van der Waals surface area contributed by atoms with Crippen molar-refractivity contribution in [2.24, 2.45) is 7.05 Å². The molecule has 0 amide bonds. The summed E-state index contributed by atoms with van der Waals surface area (Å²) in [5.41, 5.74) is 3.31. The van der Waals surface area contributed by atoms with Crippen LogP contribution in [0, 0.1) is 0 Å². The molecule has 1 aliphatic carbocycles. The van der Waals surface area contributed by atoms with E-state index < -0.39 is 0 Å². The van der Waals surface area contributed by atoms with Gasteiger partial charge in [-0.2, -0.15) is 0 Å². The normalized spacial score (nSPS) is 16.0. The molecule has 0 saturated heterocycles. The molecule has 0 atom stereocenters. The molecule has 2 aromatic heterocycles. The van der Waals surface area contributed by atoms with Gasteiger partial charge in [-0.3, -0.25) is 4.79 Å². The molecule has 4 rings (SSSR count). The van der Waals surface area contributed by atoms with Crippen molar-refractivity contribution in [1.82, 2.24) is 9.72 Å². The zero-order valence-electron chi connectivity index (χ0n) is 13.3. The highest BCUT2D eigenvalue weighted by atomic mass is 16.5. The van der Waals surface area contributed by atoms with Gasteiger partial charge in [0.15, 0.2) is 5.58 Å². The first-order chi connectivity index (χ1) is 11.3. The van der Waals surface area contributed by atoms with Gasteiger partial charge in [0.2, 0.25) is 0 Å². The van der Waals surface area contributed by atoms with Crippen molar-refractivity contribution in [1.29, 1.82) is 0 Å². The summed E-state index contributed by atoms with van der Waals surface area (Å²) in [5.74, 6) is 0.361. The Bertz CT molecular complexity index is 887. The zero-order valence-corrected chi connectivity index (χ0v) is 13.3. The van der Waals surface area contributed by atoms with Crippen LogP contribution in [0.3, 0.4) is 0 Å². The summed E-state index contributed by atoms with van der Waals surface area (Å²) in [7, 11) is 1.82. The third kappa shape index (κ3) is 2.38. The number of fused-ring (bicyclic) bond motifs is 1. The molecule has 1 aliphatic rings. The molecule has 0 unspecified atom stereocenters. The Hall–Kier alpha value is -2.36. The van der Waals surface area contributed by atoms with E-state index >= 15 is 0 Å². The maximum Gasteiger partial charge on any atom is 0.263 e. The lowest BCUT2D eigenvalue weighted by Gasteiger charge is -2.19. The van der Waals surface area contributed by atoms with E-state index in [0.29, 0.717) is 16.9 Å². The maximum absolute atomic E-state index is 12.9. The topological polar surface area (TPSA) is 48.0 Å². The number of pyridine rings is 1. The van der Waals surface area contributed by atoms with Gasteiger partial charge < -0.3 is 9.09 Å². The maximum atomic E-state index is 12.9. The van der Waals surface area contributed by atoms with Crippen LogP contribution in [0.4, 0.5) is 0 Å². The minimum Gasteiger partial charge on any atom is -0.356 e. The summed E-state index contributed by atoms with van der Waals surface area (Å²) >= 11 is 0. The third-order valence-electron chi connectivity index (χ3n) is 4.95. The second-order valence-electron chi connectivity index (χ2n) is 6.40. The van der Waals surface area contributed by atoms with Crippen molar-refractivity contribution in [3.05, 3.63) is 52.4 Å². The number of hydrogen-bond donors (Lipinski definition) is 0. The summed E-state index contributed by atoms with van der Waals surface area (Å²) < 4.78 is 7.25. The van der Waals surface area contributed by atoms with Gasteiger partial charge in [0.25, 0.3) is 5.56 Å². The van der Waals surface area contributed by atoms with Crippen LogP contribution >= 0.6 is 0 Å². The van der Waals surface area contributed by atoms with Crippen LogP contribution in [0.1, 0.15) is 43.7 Å². The lowest BCUT2D eigenvalue weighted by Crippen LogP contribution is -2.20. The SMILES string of the molecule is Cn1c(-c2ccccc2)cc2onc(C3CCCCC3)c2c1=O. The van der Waals surface area contributed by atoms with Crippen LogP contribution in [0.25, 0.3) is 22.2 Å². The molecule has 118 valence electrons. The van der Waals surface area contributed by atoms with Crippen molar-refractivity contribution < 1.29 is 4.52 Å². The largest absolute Gasteiger partial charge is 0.356 e. The quantitative estimate of drug-likeness (QED) is 0.711. The van der Waals surface area contributed by atoms with Crippen molar-refractivity contribution in [3.63, 3.8) is 0 Å². The molecule has 2 heterocycles. The highest BCUT2D eigenvalue weighted by Gasteiger charge is 2.24. The molecule has 3 aromatic rings. The van der Waals surface area contributed by atoms with E-state index in [0.717, 1.165) is 29.8 Å². The van der Waals surface area contributed by atoms with Gasteiger partial charge in [-0.15, -0.1) is 0 Å². The van der Waals surface area contributed by atoms with Crippen molar-refractivity contribution in [3.8, 4) is 11.3 Å².